The fraction of sp³-hybridized carbons (Fsp3) is 0.333. The monoisotopic (exact) mass is 425 g/mol. The number of likely N-dealkylation sites (tertiary alicyclic amines) is 1. The Morgan fingerprint density at radius 3 is 2.68 bits per heavy atom. The summed E-state index contributed by atoms with van der Waals surface area (Å²) in [5, 5.41) is 13.6. The third-order valence-electron chi connectivity index (χ3n) is 5.73. The van der Waals surface area contributed by atoms with Crippen molar-refractivity contribution in [1.29, 1.82) is 0 Å². The maximum absolute atomic E-state index is 13.6. The molecule has 7 heteroatoms. The Hall–Kier alpha value is -2.90. The zero-order chi connectivity index (χ0) is 21.8. The Bertz CT molecular complexity index is 1080. The van der Waals surface area contributed by atoms with Gasteiger partial charge in [-0.05, 0) is 42.7 Å². The van der Waals surface area contributed by atoms with E-state index in [0.717, 1.165) is 54.5 Å². The van der Waals surface area contributed by atoms with Crippen LogP contribution in [0.2, 0.25) is 0 Å². The van der Waals surface area contributed by atoms with Crippen molar-refractivity contribution in [3.63, 3.8) is 0 Å². The third-order valence-corrected chi connectivity index (χ3v) is 5.73. The summed E-state index contributed by atoms with van der Waals surface area (Å²) in [6.07, 6.45) is 3.69. The molecule has 1 aromatic heterocycles. The first kappa shape index (κ1) is 21.3. The van der Waals surface area contributed by atoms with Crippen LogP contribution in [-0.4, -0.2) is 46.4 Å². The average molecular weight is 425 g/mol. The molecule has 1 aliphatic rings. The van der Waals surface area contributed by atoms with Gasteiger partial charge < -0.3 is 10.4 Å². The number of benzene rings is 2. The number of ketones is 1. The second kappa shape index (κ2) is 9.49. The predicted molar refractivity (Wildman–Crippen MR) is 116 cm³/mol. The average Bonchev–Trinajstić information content (AvgIpc) is 2.77. The number of carbonyl (C=O) groups excluding carboxylic acids is 1. The number of aliphatic hydroxyl groups excluding tert-OH is 1. The van der Waals surface area contributed by atoms with Gasteiger partial charge >= 0.3 is 0 Å². The molecule has 1 aliphatic heterocycles. The molecule has 2 N–H and O–H groups in total. The van der Waals surface area contributed by atoms with E-state index < -0.39 is 11.6 Å². The number of hydrogen-bond donors (Lipinski definition) is 2. The minimum Gasteiger partial charge on any atom is -0.392 e. The second-order valence-corrected chi connectivity index (χ2v) is 8.02. The minimum absolute atomic E-state index is 0.0782. The number of nitrogens with zero attached hydrogens (tertiary/aromatic N) is 2. The largest absolute Gasteiger partial charge is 0.392 e. The van der Waals surface area contributed by atoms with Crippen LogP contribution in [0.1, 0.15) is 24.0 Å². The molecule has 3 aromatic rings. The summed E-state index contributed by atoms with van der Waals surface area (Å²) in [5.74, 6) is -1.74. The molecule has 5 nitrogen and oxygen atoms in total. The van der Waals surface area contributed by atoms with Gasteiger partial charge in [-0.25, -0.2) is 8.78 Å². The zero-order valence-electron chi connectivity index (χ0n) is 17.2. The Labute approximate surface area is 179 Å². The second-order valence-electron chi connectivity index (χ2n) is 8.02. The lowest BCUT2D eigenvalue weighted by molar-refractivity contribution is -0.119. The van der Waals surface area contributed by atoms with Gasteiger partial charge in [0, 0.05) is 54.5 Å². The van der Waals surface area contributed by atoms with Crippen LogP contribution in [0, 0.1) is 11.6 Å². The molecule has 31 heavy (non-hydrogen) atoms. The summed E-state index contributed by atoms with van der Waals surface area (Å²) in [6.45, 7) is 1.51. The molecule has 0 amide bonds. The van der Waals surface area contributed by atoms with Gasteiger partial charge in [0.25, 0.3) is 0 Å². The van der Waals surface area contributed by atoms with Gasteiger partial charge in [0.1, 0.15) is 0 Å². The van der Waals surface area contributed by atoms with Crippen molar-refractivity contribution in [2.75, 3.05) is 25.0 Å². The van der Waals surface area contributed by atoms with Gasteiger partial charge in [-0.2, -0.15) is 0 Å². The number of aromatic nitrogens is 1. The van der Waals surface area contributed by atoms with E-state index in [1.807, 2.05) is 30.3 Å². The summed E-state index contributed by atoms with van der Waals surface area (Å²) in [5.41, 5.74) is 2.65. The lowest BCUT2D eigenvalue weighted by Crippen LogP contribution is -2.41. The first-order valence-corrected chi connectivity index (χ1v) is 10.4. The molecular weight excluding hydrogens is 400 g/mol. The number of fused-ring (bicyclic) bond motifs is 1. The lowest BCUT2D eigenvalue weighted by Gasteiger charge is -2.32. The van der Waals surface area contributed by atoms with Crippen molar-refractivity contribution in [3.8, 4) is 0 Å². The smallest absolute Gasteiger partial charge is 0.160 e. The van der Waals surface area contributed by atoms with Crippen LogP contribution >= 0.6 is 0 Å². The van der Waals surface area contributed by atoms with Crippen molar-refractivity contribution in [2.24, 2.45) is 0 Å². The zero-order valence-corrected chi connectivity index (χ0v) is 17.2. The molecule has 0 aliphatic carbocycles. The molecule has 0 atom stereocenters. The minimum atomic E-state index is -0.967. The van der Waals surface area contributed by atoms with Gasteiger partial charge in [0.15, 0.2) is 17.4 Å². The number of piperidine rings is 1. The number of aliphatic hydroxyl groups is 1. The molecule has 0 spiro atoms. The van der Waals surface area contributed by atoms with E-state index in [4.69, 9.17) is 0 Å². The SMILES string of the molecule is O=C(Cc1ccc2ncccc2c1)CN1CCC(Nc2cc(F)c(F)cc2CO)CC1. The number of Topliss-reactive ketones (excluding diaryl/α,β-unsaturated/α-hetero) is 1. The van der Waals surface area contributed by atoms with E-state index in [1.165, 1.54) is 0 Å². The van der Waals surface area contributed by atoms with Crippen LogP contribution in [-0.2, 0) is 17.8 Å². The highest BCUT2D eigenvalue weighted by atomic mass is 19.2. The van der Waals surface area contributed by atoms with Crippen molar-refractivity contribution in [1.82, 2.24) is 9.88 Å². The van der Waals surface area contributed by atoms with Crippen LogP contribution in [0.4, 0.5) is 14.5 Å². The Kier molecular flexibility index (Phi) is 6.53. The number of halogens is 2. The van der Waals surface area contributed by atoms with Gasteiger partial charge in [0.2, 0.25) is 0 Å². The normalized spacial score (nSPS) is 15.3. The summed E-state index contributed by atoms with van der Waals surface area (Å²) >= 11 is 0. The molecule has 1 saturated heterocycles. The fourth-order valence-electron chi connectivity index (χ4n) is 4.08. The van der Waals surface area contributed by atoms with Gasteiger partial charge in [-0.1, -0.05) is 12.1 Å². The molecule has 0 radical (unpaired) electrons. The summed E-state index contributed by atoms with van der Waals surface area (Å²) in [6, 6.07) is 12.0. The van der Waals surface area contributed by atoms with Crippen molar-refractivity contribution in [3.05, 3.63) is 71.4 Å². The summed E-state index contributed by atoms with van der Waals surface area (Å²) in [7, 11) is 0. The Balaban J connectivity index is 1.29. The molecular formula is C24H25F2N3O2. The van der Waals surface area contributed by atoms with E-state index in [-0.39, 0.29) is 18.4 Å². The highest BCUT2D eigenvalue weighted by molar-refractivity contribution is 5.85. The maximum Gasteiger partial charge on any atom is 0.160 e. The van der Waals surface area contributed by atoms with E-state index in [2.05, 4.69) is 15.2 Å². The van der Waals surface area contributed by atoms with Crippen molar-refractivity contribution >= 4 is 22.4 Å². The Morgan fingerprint density at radius 1 is 1.13 bits per heavy atom. The quantitative estimate of drug-likeness (QED) is 0.604. The van der Waals surface area contributed by atoms with E-state index in [1.54, 1.807) is 6.20 Å². The Morgan fingerprint density at radius 2 is 1.90 bits per heavy atom. The van der Waals surface area contributed by atoms with Crippen LogP contribution in [0.25, 0.3) is 10.9 Å². The highest BCUT2D eigenvalue weighted by Gasteiger charge is 2.22. The van der Waals surface area contributed by atoms with Crippen LogP contribution in [0.3, 0.4) is 0 Å². The molecule has 0 saturated carbocycles. The number of carbonyl (C=O) groups is 1. The number of nitrogens with one attached hydrogen (secondary N) is 1. The summed E-state index contributed by atoms with van der Waals surface area (Å²) < 4.78 is 26.9. The maximum atomic E-state index is 13.6. The van der Waals surface area contributed by atoms with Gasteiger partial charge in [0.05, 0.1) is 18.7 Å². The number of hydrogen-bond acceptors (Lipinski definition) is 5. The molecule has 0 unspecified atom stereocenters. The van der Waals surface area contributed by atoms with Crippen LogP contribution in [0.15, 0.2) is 48.7 Å². The predicted octanol–water partition coefficient (Wildman–Crippen LogP) is 3.69. The number of anilines is 1. The molecule has 162 valence electrons. The first-order valence-electron chi connectivity index (χ1n) is 10.4. The molecule has 2 heterocycles. The topological polar surface area (TPSA) is 65.5 Å². The van der Waals surface area contributed by atoms with Crippen LogP contribution in [0.5, 0.6) is 0 Å². The highest BCUT2D eigenvalue weighted by Crippen LogP contribution is 2.24. The molecule has 0 bridgehead atoms. The lowest BCUT2D eigenvalue weighted by atomic mass is 10.0. The summed E-state index contributed by atoms with van der Waals surface area (Å²) in [4.78, 5) is 19.0. The van der Waals surface area contributed by atoms with E-state index >= 15 is 0 Å². The molecule has 2 aromatic carbocycles. The van der Waals surface area contributed by atoms with E-state index in [0.29, 0.717) is 24.2 Å². The third kappa shape index (κ3) is 5.24. The van der Waals surface area contributed by atoms with Gasteiger partial charge in [-0.15, -0.1) is 0 Å². The first-order chi connectivity index (χ1) is 15.0. The number of pyridine rings is 1. The standard InChI is InChI=1S/C24H25F2N3O2/c25-21-12-18(15-30)24(13-22(21)26)28-19-5-8-29(9-6-19)14-20(31)11-16-3-4-23-17(10-16)2-1-7-27-23/h1-4,7,10,12-13,19,28,30H,5-6,8-9,11,14-15H2. The molecule has 4 rings (SSSR count). The van der Waals surface area contributed by atoms with Crippen molar-refractivity contribution < 1.29 is 18.7 Å². The molecule has 1 fully saturated rings. The fourth-order valence-corrected chi connectivity index (χ4v) is 4.08. The number of rotatable bonds is 7. The van der Waals surface area contributed by atoms with Gasteiger partial charge in [-0.3, -0.25) is 14.7 Å². The van der Waals surface area contributed by atoms with Crippen LogP contribution < -0.4 is 5.32 Å². The van der Waals surface area contributed by atoms with E-state index in [9.17, 15) is 18.7 Å². The van der Waals surface area contributed by atoms with Crippen molar-refractivity contribution in [2.45, 2.75) is 31.9 Å².